The number of nitrogens with zero attached hydrogens (tertiary/aromatic N) is 2. The quantitative estimate of drug-likeness (QED) is 0.600. The maximum absolute atomic E-state index is 13.0. The van der Waals surface area contributed by atoms with Gasteiger partial charge in [-0.05, 0) is 56.3 Å². The Morgan fingerprint density at radius 3 is 1.96 bits per heavy atom. The third kappa shape index (κ3) is 2.01. The summed E-state index contributed by atoms with van der Waals surface area (Å²) < 4.78 is 0. The Kier molecular flexibility index (Phi) is 3.12. The molecule has 2 aliphatic heterocycles. The molecule has 4 amide bonds. The van der Waals surface area contributed by atoms with Crippen LogP contribution in [0.15, 0.2) is 0 Å². The molecule has 0 aromatic carbocycles. The number of imide groups is 2. The van der Waals surface area contributed by atoms with Crippen molar-refractivity contribution in [3.8, 4) is 0 Å². The molecule has 4 bridgehead atoms. The summed E-state index contributed by atoms with van der Waals surface area (Å²) in [4.78, 5) is 42.2. The lowest BCUT2D eigenvalue weighted by molar-refractivity contribution is -0.894. The zero-order valence-electron chi connectivity index (χ0n) is 14.1. The van der Waals surface area contributed by atoms with Crippen molar-refractivity contribution in [2.45, 2.75) is 56.9 Å². The first kappa shape index (κ1) is 14.9. The summed E-state index contributed by atoms with van der Waals surface area (Å²) in [6.07, 6.45) is 8.81. The van der Waals surface area contributed by atoms with E-state index in [2.05, 4.69) is 0 Å². The average molecular weight is 332 g/mol. The molecule has 0 atom stereocenters. The number of nitrogens with one attached hydrogen (secondary N) is 1. The van der Waals surface area contributed by atoms with Gasteiger partial charge in [-0.3, -0.25) is 9.59 Å². The highest BCUT2D eigenvalue weighted by atomic mass is 16.2. The van der Waals surface area contributed by atoms with Crippen LogP contribution in [0.5, 0.6) is 0 Å². The predicted octanol–water partition coefficient (Wildman–Crippen LogP) is 0.382. The number of hydrogen-bond donors (Lipinski definition) is 1. The van der Waals surface area contributed by atoms with E-state index in [1.54, 1.807) is 0 Å². The number of carbonyl (C=O) groups is 3. The highest BCUT2D eigenvalue weighted by Crippen LogP contribution is 2.58. The molecule has 6 heteroatoms. The zero-order valence-corrected chi connectivity index (χ0v) is 14.1. The van der Waals surface area contributed by atoms with Crippen LogP contribution in [0, 0.1) is 17.8 Å². The Labute approximate surface area is 142 Å². The third-order valence-electron chi connectivity index (χ3n) is 7.23. The van der Waals surface area contributed by atoms with Gasteiger partial charge in [-0.15, -0.1) is 0 Å². The minimum absolute atomic E-state index is 0.327. The molecule has 0 unspecified atom stereocenters. The van der Waals surface area contributed by atoms with Crippen LogP contribution >= 0.6 is 0 Å². The van der Waals surface area contributed by atoms with E-state index in [0.29, 0.717) is 24.4 Å². The van der Waals surface area contributed by atoms with E-state index >= 15 is 0 Å². The molecule has 6 rings (SSSR count). The number of hydrogen-bond acceptors (Lipinski definition) is 3. The summed E-state index contributed by atoms with van der Waals surface area (Å²) in [5, 5.41) is 0. The molecule has 0 aromatic heterocycles. The minimum atomic E-state index is -0.588. The maximum atomic E-state index is 13.0. The highest BCUT2D eigenvalue weighted by molar-refractivity contribution is 6.44. The molecule has 6 aliphatic rings. The molecule has 4 aliphatic carbocycles. The summed E-state index contributed by atoms with van der Waals surface area (Å²) in [7, 11) is 0. The van der Waals surface area contributed by atoms with Gasteiger partial charge in [-0.25, -0.2) is 14.6 Å². The van der Waals surface area contributed by atoms with E-state index in [-0.39, 0.29) is 11.6 Å². The van der Waals surface area contributed by atoms with E-state index in [4.69, 9.17) is 0 Å². The summed E-state index contributed by atoms with van der Waals surface area (Å²) in [5.74, 6) is 0.788. The van der Waals surface area contributed by atoms with Gasteiger partial charge < -0.3 is 4.90 Å². The first-order valence-corrected chi connectivity index (χ1v) is 9.59. The zero-order chi connectivity index (χ0) is 16.5. The van der Waals surface area contributed by atoms with Gasteiger partial charge in [0.2, 0.25) is 0 Å². The van der Waals surface area contributed by atoms with Gasteiger partial charge in [0.05, 0.1) is 18.6 Å². The number of amides is 4. The third-order valence-corrected chi connectivity index (χ3v) is 7.23. The SMILES string of the molecule is O=C1C(=O)N(C23CC4CC(CC(C4)C2)C3)C(=O)N1C[NH+]1CCCC1. The number of rotatable bonds is 3. The van der Waals surface area contributed by atoms with Crippen molar-refractivity contribution in [3.63, 3.8) is 0 Å². The lowest BCUT2D eigenvalue weighted by Gasteiger charge is -2.58. The summed E-state index contributed by atoms with van der Waals surface area (Å²) >= 11 is 0. The lowest BCUT2D eigenvalue weighted by Crippen LogP contribution is -3.11. The first-order valence-electron chi connectivity index (χ1n) is 9.59. The molecule has 0 radical (unpaired) electrons. The van der Waals surface area contributed by atoms with Crippen molar-refractivity contribution in [3.05, 3.63) is 0 Å². The first-order chi connectivity index (χ1) is 11.6. The highest BCUT2D eigenvalue weighted by Gasteiger charge is 2.61. The van der Waals surface area contributed by atoms with Gasteiger partial charge in [0, 0.05) is 12.8 Å². The van der Waals surface area contributed by atoms with Crippen LogP contribution in [0.3, 0.4) is 0 Å². The van der Waals surface area contributed by atoms with Crippen molar-refractivity contribution in [2.24, 2.45) is 17.8 Å². The van der Waals surface area contributed by atoms with Gasteiger partial charge in [-0.2, -0.15) is 0 Å². The van der Waals surface area contributed by atoms with Crippen LogP contribution in [-0.4, -0.2) is 52.9 Å². The Morgan fingerprint density at radius 2 is 1.42 bits per heavy atom. The van der Waals surface area contributed by atoms with Gasteiger partial charge in [0.25, 0.3) is 0 Å². The Hall–Kier alpha value is -1.43. The average Bonchev–Trinajstić information content (AvgIpc) is 3.09. The molecule has 4 saturated carbocycles. The van der Waals surface area contributed by atoms with Crippen molar-refractivity contribution in [2.75, 3.05) is 19.8 Å². The monoisotopic (exact) mass is 332 g/mol. The Bertz CT molecular complexity index is 575. The molecule has 0 aromatic rings. The number of likely N-dealkylation sites (tertiary alicyclic amines) is 1. The minimum Gasteiger partial charge on any atom is -0.317 e. The maximum Gasteiger partial charge on any atom is 0.339 e. The molecule has 6 fully saturated rings. The predicted molar refractivity (Wildman–Crippen MR) is 84.8 cm³/mol. The molecule has 2 heterocycles. The summed E-state index contributed by atoms with van der Waals surface area (Å²) in [6.45, 7) is 2.34. The van der Waals surface area contributed by atoms with Gasteiger partial charge in [0.15, 0.2) is 6.67 Å². The van der Waals surface area contributed by atoms with E-state index in [1.165, 1.54) is 34.0 Å². The van der Waals surface area contributed by atoms with Crippen molar-refractivity contribution >= 4 is 17.8 Å². The Balaban J connectivity index is 1.42. The fraction of sp³-hybridized carbons (Fsp3) is 0.833. The number of quaternary nitrogens is 1. The van der Waals surface area contributed by atoms with Crippen molar-refractivity contribution in [1.82, 2.24) is 9.80 Å². The fourth-order valence-corrected chi connectivity index (χ4v) is 6.66. The van der Waals surface area contributed by atoms with E-state index < -0.39 is 11.8 Å². The van der Waals surface area contributed by atoms with Crippen LogP contribution in [0.4, 0.5) is 4.79 Å². The normalized spacial score (nSPS) is 42.0. The second-order valence-electron chi connectivity index (χ2n) is 8.91. The molecule has 130 valence electrons. The second kappa shape index (κ2) is 5.04. The van der Waals surface area contributed by atoms with Crippen molar-refractivity contribution < 1.29 is 19.3 Å². The Morgan fingerprint density at radius 1 is 0.875 bits per heavy atom. The van der Waals surface area contributed by atoms with E-state index in [1.807, 2.05) is 0 Å². The second-order valence-corrected chi connectivity index (χ2v) is 8.91. The smallest absolute Gasteiger partial charge is 0.317 e. The van der Waals surface area contributed by atoms with Crippen LogP contribution < -0.4 is 4.90 Å². The molecule has 2 saturated heterocycles. The van der Waals surface area contributed by atoms with Crippen LogP contribution in [0.25, 0.3) is 0 Å². The largest absolute Gasteiger partial charge is 0.339 e. The van der Waals surface area contributed by atoms with E-state index in [9.17, 15) is 14.4 Å². The fourth-order valence-electron chi connectivity index (χ4n) is 6.66. The van der Waals surface area contributed by atoms with Gasteiger partial charge in [0.1, 0.15) is 0 Å². The molecule has 0 spiro atoms. The lowest BCUT2D eigenvalue weighted by atomic mass is 9.52. The van der Waals surface area contributed by atoms with E-state index in [0.717, 1.165) is 45.2 Å². The molecule has 24 heavy (non-hydrogen) atoms. The summed E-state index contributed by atoms with van der Waals surface area (Å²) in [6, 6.07) is -0.327. The summed E-state index contributed by atoms with van der Waals surface area (Å²) in [5.41, 5.74) is -0.354. The molecular formula is C18H26N3O3+. The number of urea groups is 1. The van der Waals surface area contributed by atoms with Crippen LogP contribution in [-0.2, 0) is 9.59 Å². The van der Waals surface area contributed by atoms with Crippen LogP contribution in [0.2, 0.25) is 0 Å². The van der Waals surface area contributed by atoms with Crippen LogP contribution in [0.1, 0.15) is 51.4 Å². The van der Waals surface area contributed by atoms with Gasteiger partial charge >= 0.3 is 17.8 Å². The van der Waals surface area contributed by atoms with Gasteiger partial charge in [-0.1, -0.05) is 0 Å². The molecule has 1 N–H and O–H groups in total. The molecular weight excluding hydrogens is 306 g/mol. The molecule has 6 nitrogen and oxygen atoms in total. The topological polar surface area (TPSA) is 62.1 Å². The standard InChI is InChI=1S/C18H25N3O3/c22-15-16(23)21(17(24)20(15)11-19-3-1-2-4-19)18-8-12-5-13(9-18)7-14(6-12)10-18/h12-14H,1-11H2/p+1. The van der Waals surface area contributed by atoms with Crippen molar-refractivity contribution in [1.29, 1.82) is 0 Å². The number of carbonyl (C=O) groups excluding carboxylic acids is 3.